The normalized spacial score (nSPS) is 18.0. The van der Waals surface area contributed by atoms with E-state index >= 15 is 0 Å². The third-order valence-electron chi connectivity index (χ3n) is 3.49. The second kappa shape index (κ2) is 6.81. The number of ether oxygens (including phenoxy) is 2. The monoisotopic (exact) mass is 317 g/mol. The molecule has 1 fully saturated rings. The zero-order valence-corrected chi connectivity index (χ0v) is 12.7. The quantitative estimate of drug-likeness (QED) is 0.843. The predicted octanol–water partition coefficient (Wildman–Crippen LogP) is 3.91. The van der Waals surface area contributed by atoms with Gasteiger partial charge in [-0.15, -0.1) is 0 Å². The van der Waals surface area contributed by atoms with Crippen LogP contribution in [0.25, 0.3) is 0 Å². The highest BCUT2D eigenvalue weighted by Gasteiger charge is 2.26. The first-order valence-corrected chi connectivity index (χ1v) is 7.49. The van der Waals surface area contributed by atoms with Crippen molar-refractivity contribution in [2.24, 2.45) is 0 Å². The van der Waals surface area contributed by atoms with Crippen LogP contribution in [0.1, 0.15) is 11.7 Å². The van der Waals surface area contributed by atoms with E-state index < -0.39 is 0 Å². The predicted molar refractivity (Wildman–Crippen MR) is 84.2 cm³/mol. The molecule has 1 saturated heterocycles. The number of amides is 1. The van der Waals surface area contributed by atoms with E-state index in [1.54, 1.807) is 17.0 Å². The largest absolute Gasteiger partial charge is 0.415 e. The maximum absolute atomic E-state index is 12.2. The first-order chi connectivity index (χ1) is 10.7. The summed E-state index contributed by atoms with van der Waals surface area (Å²) < 4.78 is 11.1. The molecule has 0 saturated carbocycles. The minimum Gasteiger partial charge on any atom is -0.410 e. The Kier molecular flexibility index (Phi) is 4.61. The minimum absolute atomic E-state index is 0.184. The Hall–Kier alpha value is -2.04. The summed E-state index contributed by atoms with van der Waals surface area (Å²) in [5.41, 5.74) is 0.963. The molecule has 4 nitrogen and oxygen atoms in total. The zero-order valence-electron chi connectivity index (χ0n) is 11.9. The van der Waals surface area contributed by atoms with Crippen LogP contribution in [-0.2, 0) is 4.74 Å². The maximum Gasteiger partial charge on any atom is 0.415 e. The van der Waals surface area contributed by atoms with Crippen LogP contribution in [0.4, 0.5) is 4.79 Å². The fraction of sp³-hybridized carbons (Fsp3) is 0.235. The molecule has 1 aliphatic heterocycles. The zero-order chi connectivity index (χ0) is 15.4. The second-order valence-corrected chi connectivity index (χ2v) is 5.48. The molecule has 3 rings (SSSR count). The fourth-order valence-electron chi connectivity index (χ4n) is 2.38. The highest BCUT2D eigenvalue weighted by atomic mass is 35.5. The van der Waals surface area contributed by atoms with Gasteiger partial charge in [-0.1, -0.05) is 41.9 Å². The highest BCUT2D eigenvalue weighted by molar-refractivity contribution is 6.30. The first kappa shape index (κ1) is 14.9. The topological polar surface area (TPSA) is 38.8 Å². The molecule has 1 atom stereocenters. The van der Waals surface area contributed by atoms with Crippen LogP contribution in [0.3, 0.4) is 0 Å². The van der Waals surface area contributed by atoms with E-state index in [0.29, 0.717) is 30.5 Å². The number of hydrogen-bond acceptors (Lipinski definition) is 3. The number of para-hydroxylation sites is 1. The molecule has 2 aromatic carbocycles. The Morgan fingerprint density at radius 1 is 1.18 bits per heavy atom. The van der Waals surface area contributed by atoms with Crippen LogP contribution in [0.5, 0.6) is 5.75 Å². The molecule has 0 radical (unpaired) electrons. The van der Waals surface area contributed by atoms with Gasteiger partial charge in [-0.25, -0.2) is 4.79 Å². The molecule has 5 heteroatoms. The summed E-state index contributed by atoms with van der Waals surface area (Å²) in [5, 5.41) is 0.657. The number of carbonyl (C=O) groups is 1. The SMILES string of the molecule is O=C(Oc1ccccc1)N1CCOC(c2cccc(Cl)c2)C1. The molecule has 1 unspecified atom stereocenters. The summed E-state index contributed by atoms with van der Waals surface area (Å²) in [5.74, 6) is 0.540. The smallest absolute Gasteiger partial charge is 0.410 e. The van der Waals surface area contributed by atoms with Gasteiger partial charge in [0.1, 0.15) is 11.9 Å². The summed E-state index contributed by atoms with van der Waals surface area (Å²) >= 11 is 6.01. The van der Waals surface area contributed by atoms with Crippen LogP contribution in [-0.4, -0.2) is 30.7 Å². The summed E-state index contributed by atoms with van der Waals surface area (Å²) in [6.45, 7) is 1.44. The number of hydrogen-bond donors (Lipinski definition) is 0. The summed E-state index contributed by atoms with van der Waals surface area (Å²) in [7, 11) is 0. The van der Waals surface area contributed by atoms with Crippen molar-refractivity contribution >= 4 is 17.7 Å². The summed E-state index contributed by atoms with van der Waals surface area (Å²) in [4.78, 5) is 13.9. The van der Waals surface area contributed by atoms with E-state index in [2.05, 4.69) is 0 Å². The Balaban J connectivity index is 1.66. The van der Waals surface area contributed by atoms with Crippen molar-refractivity contribution in [3.63, 3.8) is 0 Å². The molecule has 1 heterocycles. The Labute approximate surface area is 134 Å². The molecule has 0 spiro atoms. The van der Waals surface area contributed by atoms with Crippen LogP contribution in [0, 0.1) is 0 Å². The molecule has 22 heavy (non-hydrogen) atoms. The van der Waals surface area contributed by atoms with E-state index in [4.69, 9.17) is 21.1 Å². The van der Waals surface area contributed by atoms with E-state index in [9.17, 15) is 4.79 Å². The van der Waals surface area contributed by atoms with Gasteiger partial charge in [0.05, 0.1) is 13.2 Å². The highest BCUT2D eigenvalue weighted by Crippen LogP contribution is 2.25. The molecule has 0 aliphatic carbocycles. The molecule has 114 valence electrons. The van der Waals surface area contributed by atoms with Crippen LogP contribution in [0.15, 0.2) is 54.6 Å². The third-order valence-corrected chi connectivity index (χ3v) is 3.73. The van der Waals surface area contributed by atoms with Gasteiger partial charge in [-0.3, -0.25) is 0 Å². The number of benzene rings is 2. The summed E-state index contributed by atoms with van der Waals surface area (Å²) in [6.07, 6.45) is -0.544. The second-order valence-electron chi connectivity index (χ2n) is 5.04. The molecule has 0 aromatic heterocycles. The van der Waals surface area contributed by atoms with Crippen molar-refractivity contribution in [1.29, 1.82) is 0 Å². The van der Waals surface area contributed by atoms with Gasteiger partial charge in [-0.05, 0) is 29.8 Å². The van der Waals surface area contributed by atoms with Crippen molar-refractivity contribution in [3.05, 3.63) is 65.2 Å². The van der Waals surface area contributed by atoms with E-state index in [-0.39, 0.29) is 12.2 Å². The maximum atomic E-state index is 12.2. The molecule has 2 aromatic rings. The van der Waals surface area contributed by atoms with Gasteiger partial charge in [0, 0.05) is 11.6 Å². The van der Waals surface area contributed by atoms with Crippen molar-refractivity contribution in [3.8, 4) is 5.75 Å². The molecular weight excluding hydrogens is 302 g/mol. The average Bonchev–Trinajstić information content (AvgIpc) is 2.56. The summed E-state index contributed by atoms with van der Waals surface area (Å²) in [6, 6.07) is 16.5. The lowest BCUT2D eigenvalue weighted by molar-refractivity contribution is -0.0218. The lowest BCUT2D eigenvalue weighted by Gasteiger charge is -2.32. The Morgan fingerprint density at radius 2 is 2.00 bits per heavy atom. The van der Waals surface area contributed by atoms with Gasteiger partial charge in [-0.2, -0.15) is 0 Å². The molecule has 0 bridgehead atoms. The van der Waals surface area contributed by atoms with Gasteiger partial charge in [0.2, 0.25) is 0 Å². The lowest BCUT2D eigenvalue weighted by atomic mass is 10.1. The van der Waals surface area contributed by atoms with Gasteiger partial charge < -0.3 is 14.4 Å². The van der Waals surface area contributed by atoms with Crippen molar-refractivity contribution in [2.75, 3.05) is 19.7 Å². The van der Waals surface area contributed by atoms with Crippen LogP contribution < -0.4 is 4.74 Å². The number of carbonyl (C=O) groups excluding carboxylic acids is 1. The number of halogens is 1. The van der Waals surface area contributed by atoms with Gasteiger partial charge in [0.25, 0.3) is 0 Å². The molecular formula is C17H16ClNO3. The Morgan fingerprint density at radius 3 is 2.77 bits per heavy atom. The molecule has 1 aliphatic rings. The fourth-order valence-corrected chi connectivity index (χ4v) is 2.58. The van der Waals surface area contributed by atoms with E-state index in [0.717, 1.165) is 5.56 Å². The molecule has 0 N–H and O–H groups in total. The number of nitrogens with zero attached hydrogens (tertiary/aromatic N) is 1. The standard InChI is InChI=1S/C17H16ClNO3/c18-14-6-4-5-13(11-14)16-12-19(9-10-21-16)17(20)22-15-7-2-1-3-8-15/h1-8,11,16H,9-10,12H2. The Bertz CT molecular complexity index is 647. The van der Waals surface area contributed by atoms with Crippen LogP contribution >= 0.6 is 11.6 Å². The van der Waals surface area contributed by atoms with Crippen molar-refractivity contribution in [1.82, 2.24) is 4.90 Å². The van der Waals surface area contributed by atoms with Gasteiger partial charge >= 0.3 is 6.09 Å². The van der Waals surface area contributed by atoms with Crippen LogP contribution in [0.2, 0.25) is 5.02 Å². The average molecular weight is 318 g/mol. The lowest BCUT2D eigenvalue weighted by Crippen LogP contribution is -2.43. The van der Waals surface area contributed by atoms with E-state index in [1.165, 1.54) is 0 Å². The molecule has 1 amide bonds. The van der Waals surface area contributed by atoms with Crippen molar-refractivity contribution < 1.29 is 14.3 Å². The number of morpholine rings is 1. The first-order valence-electron chi connectivity index (χ1n) is 7.11. The number of rotatable bonds is 2. The minimum atomic E-state index is -0.360. The van der Waals surface area contributed by atoms with Gasteiger partial charge in [0.15, 0.2) is 0 Å². The van der Waals surface area contributed by atoms with E-state index in [1.807, 2.05) is 42.5 Å². The van der Waals surface area contributed by atoms with Crippen molar-refractivity contribution in [2.45, 2.75) is 6.10 Å². The third kappa shape index (κ3) is 3.59.